The van der Waals surface area contributed by atoms with Gasteiger partial charge in [-0.2, -0.15) is 0 Å². The molecule has 0 atom stereocenters. The number of benzene rings is 2. The van der Waals surface area contributed by atoms with Crippen LogP contribution < -0.4 is 20.1 Å². The number of carbonyl (C=O) groups is 2. The second kappa shape index (κ2) is 11.5. The van der Waals surface area contributed by atoms with Gasteiger partial charge in [0.25, 0.3) is 11.8 Å². The average Bonchev–Trinajstić information content (AvgIpc) is 2.64. The van der Waals surface area contributed by atoms with E-state index in [9.17, 15) is 9.59 Å². The predicted octanol–water partition coefficient (Wildman–Crippen LogP) is 4.21. The molecule has 2 rings (SSSR count). The van der Waals surface area contributed by atoms with Crippen LogP contribution in [0.5, 0.6) is 11.5 Å². The van der Waals surface area contributed by atoms with Gasteiger partial charge in [0.15, 0.2) is 13.2 Å². The topological polar surface area (TPSA) is 76.7 Å². The molecule has 2 aromatic carbocycles. The highest BCUT2D eigenvalue weighted by atomic mass is 79.9. The maximum atomic E-state index is 11.8. The van der Waals surface area contributed by atoms with Gasteiger partial charge in [-0.05, 0) is 68.3 Å². The van der Waals surface area contributed by atoms with Crippen LogP contribution in [-0.2, 0) is 9.59 Å². The lowest BCUT2D eigenvalue weighted by molar-refractivity contribution is -0.124. The lowest BCUT2D eigenvalue weighted by Crippen LogP contribution is -2.38. The van der Waals surface area contributed by atoms with Crippen molar-refractivity contribution in [2.45, 2.75) is 0 Å². The van der Waals surface area contributed by atoms with E-state index >= 15 is 0 Å². The van der Waals surface area contributed by atoms with Gasteiger partial charge in [-0.1, -0.05) is 23.2 Å². The van der Waals surface area contributed by atoms with E-state index in [2.05, 4.69) is 42.5 Å². The molecule has 10 heteroatoms. The summed E-state index contributed by atoms with van der Waals surface area (Å²) in [6.07, 6.45) is 0. The standard InChI is InChI=1S/C18H16Br2Cl2N2O4/c19-13-7-11(21)1-3-15(13)27-9-17(25)23-5-6-24-18(26)10-28-16-4-2-12(22)8-14(16)20/h1-4,7-8H,5-6,9-10H2,(H,23,25)(H,24,26). The van der Waals surface area contributed by atoms with Gasteiger partial charge in [0.1, 0.15) is 11.5 Å². The summed E-state index contributed by atoms with van der Waals surface area (Å²) in [6, 6.07) is 10.0. The van der Waals surface area contributed by atoms with Crippen LogP contribution in [-0.4, -0.2) is 38.1 Å². The lowest BCUT2D eigenvalue weighted by atomic mass is 10.3. The zero-order valence-corrected chi connectivity index (χ0v) is 19.1. The lowest BCUT2D eigenvalue weighted by Gasteiger charge is -2.11. The Morgan fingerprint density at radius 3 is 1.54 bits per heavy atom. The summed E-state index contributed by atoms with van der Waals surface area (Å²) in [5.74, 6) is 0.409. The summed E-state index contributed by atoms with van der Waals surface area (Å²) in [6.45, 7) is 0.227. The summed E-state index contributed by atoms with van der Waals surface area (Å²) >= 11 is 18.3. The van der Waals surface area contributed by atoms with Crippen LogP contribution in [0.3, 0.4) is 0 Å². The molecule has 0 radical (unpaired) electrons. The van der Waals surface area contributed by atoms with Gasteiger partial charge in [-0.15, -0.1) is 0 Å². The van der Waals surface area contributed by atoms with Crippen LogP contribution in [0.2, 0.25) is 10.0 Å². The summed E-state index contributed by atoms with van der Waals surface area (Å²) in [7, 11) is 0. The highest BCUT2D eigenvalue weighted by Gasteiger charge is 2.08. The van der Waals surface area contributed by atoms with Gasteiger partial charge in [0, 0.05) is 23.1 Å². The number of amides is 2. The molecule has 2 N–H and O–H groups in total. The summed E-state index contributed by atoms with van der Waals surface area (Å²) in [5, 5.41) is 6.41. The number of halogens is 4. The first kappa shape index (κ1) is 22.8. The average molecular weight is 555 g/mol. The van der Waals surface area contributed by atoms with E-state index < -0.39 is 0 Å². The number of rotatable bonds is 9. The van der Waals surface area contributed by atoms with Crippen LogP contribution in [0.4, 0.5) is 0 Å². The second-order valence-electron chi connectivity index (χ2n) is 5.43. The highest BCUT2D eigenvalue weighted by Crippen LogP contribution is 2.28. The van der Waals surface area contributed by atoms with Crippen molar-refractivity contribution in [3.05, 3.63) is 55.4 Å². The fourth-order valence-electron chi connectivity index (χ4n) is 1.98. The third kappa shape index (κ3) is 7.87. The Kier molecular flexibility index (Phi) is 9.37. The fourth-order valence-corrected chi connectivity index (χ4v) is 3.57. The van der Waals surface area contributed by atoms with Crippen molar-refractivity contribution in [2.75, 3.05) is 26.3 Å². The summed E-state index contributed by atoms with van der Waals surface area (Å²) in [5.41, 5.74) is 0. The number of nitrogens with one attached hydrogen (secondary N) is 2. The van der Waals surface area contributed by atoms with Gasteiger partial charge in [0.2, 0.25) is 0 Å². The largest absolute Gasteiger partial charge is 0.483 e. The van der Waals surface area contributed by atoms with Crippen LogP contribution in [0.25, 0.3) is 0 Å². The number of hydrogen-bond acceptors (Lipinski definition) is 4. The second-order valence-corrected chi connectivity index (χ2v) is 8.01. The molecule has 0 bridgehead atoms. The maximum absolute atomic E-state index is 11.8. The minimum atomic E-state index is -0.308. The van der Waals surface area contributed by atoms with E-state index in [4.69, 9.17) is 32.7 Å². The van der Waals surface area contributed by atoms with Gasteiger partial charge >= 0.3 is 0 Å². The van der Waals surface area contributed by atoms with Crippen molar-refractivity contribution in [3.63, 3.8) is 0 Å². The third-order valence-electron chi connectivity index (χ3n) is 3.27. The van der Waals surface area contributed by atoms with E-state index in [0.29, 0.717) is 30.5 Å². The SMILES string of the molecule is O=C(COc1ccc(Cl)cc1Br)NCCNC(=O)COc1ccc(Cl)cc1Br. The quantitative estimate of drug-likeness (QED) is 0.455. The molecule has 0 saturated heterocycles. The minimum absolute atomic E-state index is 0.151. The summed E-state index contributed by atoms with van der Waals surface area (Å²) in [4.78, 5) is 23.6. The minimum Gasteiger partial charge on any atom is -0.483 e. The van der Waals surface area contributed by atoms with Gasteiger partial charge < -0.3 is 20.1 Å². The monoisotopic (exact) mass is 552 g/mol. The van der Waals surface area contributed by atoms with E-state index in [-0.39, 0.29) is 38.1 Å². The molecule has 0 aliphatic carbocycles. The Hall–Kier alpha value is -1.48. The zero-order valence-electron chi connectivity index (χ0n) is 14.4. The van der Waals surface area contributed by atoms with Crippen LogP contribution in [0.15, 0.2) is 45.3 Å². The van der Waals surface area contributed by atoms with Gasteiger partial charge in [-0.3, -0.25) is 9.59 Å². The molecule has 0 saturated carbocycles. The Bertz CT molecular complexity index is 783. The van der Waals surface area contributed by atoms with Crippen molar-refractivity contribution in [2.24, 2.45) is 0 Å². The van der Waals surface area contributed by atoms with Crippen molar-refractivity contribution in [1.29, 1.82) is 0 Å². The normalized spacial score (nSPS) is 10.3. The predicted molar refractivity (Wildman–Crippen MR) is 115 cm³/mol. The Morgan fingerprint density at radius 2 is 1.18 bits per heavy atom. The van der Waals surface area contributed by atoms with Crippen LogP contribution in [0, 0.1) is 0 Å². The fraction of sp³-hybridized carbons (Fsp3) is 0.222. The molecular weight excluding hydrogens is 539 g/mol. The van der Waals surface area contributed by atoms with Crippen molar-refractivity contribution in [3.8, 4) is 11.5 Å². The zero-order chi connectivity index (χ0) is 20.5. The smallest absolute Gasteiger partial charge is 0.258 e. The molecule has 0 unspecified atom stereocenters. The molecular formula is C18H16Br2Cl2N2O4. The van der Waals surface area contributed by atoms with Crippen molar-refractivity contribution in [1.82, 2.24) is 10.6 Å². The molecule has 0 aliphatic rings. The molecule has 150 valence electrons. The molecule has 28 heavy (non-hydrogen) atoms. The third-order valence-corrected chi connectivity index (χ3v) is 4.98. The van der Waals surface area contributed by atoms with E-state index in [1.165, 1.54) is 0 Å². The van der Waals surface area contributed by atoms with E-state index in [0.717, 1.165) is 0 Å². The molecule has 0 spiro atoms. The molecule has 2 aromatic rings. The molecule has 0 heterocycles. The van der Waals surface area contributed by atoms with E-state index in [1.807, 2.05) is 0 Å². The van der Waals surface area contributed by atoms with Crippen LogP contribution in [0.1, 0.15) is 0 Å². The highest BCUT2D eigenvalue weighted by molar-refractivity contribution is 9.10. The van der Waals surface area contributed by atoms with Crippen molar-refractivity contribution >= 4 is 66.9 Å². The van der Waals surface area contributed by atoms with E-state index in [1.54, 1.807) is 36.4 Å². The first-order valence-corrected chi connectivity index (χ1v) is 10.4. The van der Waals surface area contributed by atoms with Gasteiger partial charge in [-0.25, -0.2) is 0 Å². The Balaban J connectivity index is 1.61. The number of hydrogen-bond donors (Lipinski definition) is 2. The first-order valence-electron chi connectivity index (χ1n) is 8.04. The molecule has 2 amide bonds. The first-order chi connectivity index (χ1) is 13.3. The molecule has 0 fully saturated rings. The number of carbonyl (C=O) groups excluding carboxylic acids is 2. The van der Waals surface area contributed by atoms with Crippen LogP contribution >= 0.6 is 55.1 Å². The Labute approximate surface area is 189 Å². The maximum Gasteiger partial charge on any atom is 0.258 e. The van der Waals surface area contributed by atoms with Gasteiger partial charge in [0.05, 0.1) is 8.95 Å². The molecule has 6 nitrogen and oxygen atoms in total. The van der Waals surface area contributed by atoms with Crippen molar-refractivity contribution < 1.29 is 19.1 Å². The molecule has 0 aromatic heterocycles. The number of ether oxygens (including phenoxy) is 2. The Morgan fingerprint density at radius 1 is 0.786 bits per heavy atom. The summed E-state index contributed by atoms with van der Waals surface area (Å²) < 4.78 is 12.1. The molecule has 0 aliphatic heterocycles.